The number of hydrogen-bond donors (Lipinski definition) is 2. The maximum atomic E-state index is 10.2. The van der Waals surface area contributed by atoms with Crippen LogP contribution in [0.1, 0.15) is 44.3 Å². The van der Waals surface area contributed by atoms with E-state index in [2.05, 4.69) is 12.2 Å². The van der Waals surface area contributed by atoms with Gasteiger partial charge in [-0.3, -0.25) is 0 Å². The molecule has 1 saturated heterocycles. The lowest BCUT2D eigenvalue weighted by Gasteiger charge is -2.18. The molecule has 0 spiro atoms. The van der Waals surface area contributed by atoms with Crippen LogP contribution in [0.3, 0.4) is 0 Å². The van der Waals surface area contributed by atoms with Crippen molar-refractivity contribution in [1.82, 2.24) is 5.32 Å². The molecule has 0 aromatic heterocycles. The first kappa shape index (κ1) is 13.4. The van der Waals surface area contributed by atoms with Crippen molar-refractivity contribution in [2.75, 3.05) is 13.2 Å². The third-order valence-corrected chi connectivity index (χ3v) is 3.47. The van der Waals surface area contributed by atoms with Gasteiger partial charge in [0.2, 0.25) is 0 Å². The molecule has 1 aromatic rings. The fourth-order valence-corrected chi connectivity index (χ4v) is 2.31. The van der Waals surface area contributed by atoms with Gasteiger partial charge in [-0.1, -0.05) is 25.5 Å². The highest BCUT2D eigenvalue weighted by Gasteiger charge is 2.23. The molecule has 0 amide bonds. The Morgan fingerprint density at radius 1 is 1.39 bits per heavy atom. The lowest BCUT2D eigenvalue weighted by molar-refractivity contribution is 0.137. The van der Waals surface area contributed by atoms with E-state index in [1.807, 2.05) is 24.3 Å². The lowest BCUT2D eigenvalue weighted by atomic mass is 10.0. The van der Waals surface area contributed by atoms with Crippen LogP contribution in [0, 0.1) is 0 Å². The van der Waals surface area contributed by atoms with E-state index in [4.69, 9.17) is 4.74 Å². The summed E-state index contributed by atoms with van der Waals surface area (Å²) in [5, 5.41) is 13.6. The summed E-state index contributed by atoms with van der Waals surface area (Å²) in [6, 6.07) is 8.03. The van der Waals surface area contributed by atoms with Gasteiger partial charge in [-0.25, -0.2) is 0 Å². The molecule has 1 aliphatic heterocycles. The molecule has 18 heavy (non-hydrogen) atoms. The van der Waals surface area contributed by atoms with Gasteiger partial charge in [-0.2, -0.15) is 0 Å². The van der Waals surface area contributed by atoms with E-state index >= 15 is 0 Å². The van der Waals surface area contributed by atoms with Crippen LogP contribution >= 0.6 is 0 Å². The largest absolute Gasteiger partial charge is 0.494 e. The van der Waals surface area contributed by atoms with Gasteiger partial charge in [0.15, 0.2) is 0 Å². The monoisotopic (exact) mass is 249 g/mol. The van der Waals surface area contributed by atoms with Gasteiger partial charge in [-0.15, -0.1) is 0 Å². The number of benzene rings is 1. The van der Waals surface area contributed by atoms with Crippen LogP contribution in [0.4, 0.5) is 0 Å². The summed E-state index contributed by atoms with van der Waals surface area (Å²) in [6.07, 6.45) is 4.02. The minimum absolute atomic E-state index is 0.205. The Kier molecular flexibility index (Phi) is 5.02. The number of nitrogens with one attached hydrogen (secondary N) is 1. The average molecular weight is 249 g/mol. The van der Waals surface area contributed by atoms with Crippen molar-refractivity contribution in [3.8, 4) is 5.75 Å². The zero-order valence-corrected chi connectivity index (χ0v) is 11.1. The molecule has 0 bridgehead atoms. The molecule has 1 heterocycles. The smallest absolute Gasteiger partial charge is 0.119 e. The molecule has 1 aliphatic rings. The highest BCUT2D eigenvalue weighted by molar-refractivity contribution is 5.29. The van der Waals surface area contributed by atoms with Crippen LogP contribution < -0.4 is 10.1 Å². The zero-order chi connectivity index (χ0) is 12.8. The first-order valence-electron chi connectivity index (χ1n) is 6.95. The summed E-state index contributed by atoms with van der Waals surface area (Å²) in [5.41, 5.74) is 0.970. The fourth-order valence-electron chi connectivity index (χ4n) is 2.31. The molecule has 1 fully saturated rings. The molecule has 2 unspecified atom stereocenters. The summed E-state index contributed by atoms with van der Waals surface area (Å²) in [6.45, 7) is 3.93. The lowest BCUT2D eigenvalue weighted by Crippen LogP contribution is -2.28. The van der Waals surface area contributed by atoms with Gasteiger partial charge in [0, 0.05) is 6.04 Å². The second kappa shape index (κ2) is 6.76. The van der Waals surface area contributed by atoms with E-state index in [1.54, 1.807) is 0 Å². The molecular formula is C15H23NO2. The SMILES string of the molecule is CCCCOc1ccc(C(O)C2CCCN2)cc1. The number of hydrogen-bond acceptors (Lipinski definition) is 3. The predicted octanol–water partition coefficient (Wildman–Crippen LogP) is 2.65. The molecule has 2 rings (SSSR count). The summed E-state index contributed by atoms with van der Waals surface area (Å²) >= 11 is 0. The maximum Gasteiger partial charge on any atom is 0.119 e. The first-order chi connectivity index (χ1) is 8.81. The van der Waals surface area contributed by atoms with Gasteiger partial charge >= 0.3 is 0 Å². The van der Waals surface area contributed by atoms with Crippen molar-refractivity contribution >= 4 is 0 Å². The van der Waals surface area contributed by atoms with E-state index in [1.165, 1.54) is 0 Å². The van der Waals surface area contributed by atoms with E-state index in [9.17, 15) is 5.11 Å². The fraction of sp³-hybridized carbons (Fsp3) is 0.600. The van der Waals surface area contributed by atoms with Crippen LogP contribution in [-0.4, -0.2) is 24.3 Å². The van der Waals surface area contributed by atoms with Crippen LogP contribution in [0.2, 0.25) is 0 Å². The van der Waals surface area contributed by atoms with Crippen molar-refractivity contribution in [3.05, 3.63) is 29.8 Å². The number of unbranched alkanes of at least 4 members (excludes halogenated alkanes) is 1. The van der Waals surface area contributed by atoms with Gasteiger partial charge in [0.1, 0.15) is 5.75 Å². The van der Waals surface area contributed by atoms with Crippen molar-refractivity contribution in [1.29, 1.82) is 0 Å². The number of ether oxygens (including phenoxy) is 1. The minimum Gasteiger partial charge on any atom is -0.494 e. The van der Waals surface area contributed by atoms with Crippen LogP contribution in [0.25, 0.3) is 0 Å². The molecule has 1 aromatic carbocycles. The molecule has 3 nitrogen and oxygen atoms in total. The van der Waals surface area contributed by atoms with Gasteiger partial charge < -0.3 is 15.2 Å². The summed E-state index contributed by atoms with van der Waals surface area (Å²) in [4.78, 5) is 0. The Labute approximate surface area is 109 Å². The predicted molar refractivity (Wildman–Crippen MR) is 72.8 cm³/mol. The Morgan fingerprint density at radius 3 is 2.78 bits per heavy atom. The van der Waals surface area contributed by atoms with Crippen molar-refractivity contribution in [3.63, 3.8) is 0 Å². The van der Waals surface area contributed by atoms with Crippen LogP contribution in [0.15, 0.2) is 24.3 Å². The van der Waals surface area contributed by atoms with E-state index in [0.717, 1.165) is 50.1 Å². The summed E-state index contributed by atoms with van der Waals surface area (Å²) < 4.78 is 5.61. The molecule has 3 heteroatoms. The summed E-state index contributed by atoms with van der Waals surface area (Å²) in [5.74, 6) is 0.888. The number of rotatable bonds is 6. The third kappa shape index (κ3) is 3.47. The van der Waals surface area contributed by atoms with Gasteiger partial charge in [0.05, 0.1) is 12.7 Å². The van der Waals surface area contributed by atoms with Crippen molar-refractivity contribution in [2.24, 2.45) is 0 Å². The molecule has 2 N–H and O–H groups in total. The van der Waals surface area contributed by atoms with Crippen LogP contribution in [-0.2, 0) is 0 Å². The van der Waals surface area contributed by atoms with Crippen LogP contribution in [0.5, 0.6) is 5.75 Å². The average Bonchev–Trinajstić information content (AvgIpc) is 2.93. The van der Waals surface area contributed by atoms with Gasteiger partial charge in [-0.05, 0) is 43.5 Å². The standard InChI is InChI=1S/C15H23NO2/c1-2-3-11-18-13-8-6-12(7-9-13)15(17)14-5-4-10-16-14/h6-9,14-17H,2-5,10-11H2,1H3. The highest BCUT2D eigenvalue weighted by Crippen LogP contribution is 2.24. The molecule has 0 aliphatic carbocycles. The molecular weight excluding hydrogens is 226 g/mol. The van der Waals surface area contributed by atoms with E-state index in [-0.39, 0.29) is 6.04 Å². The second-order valence-electron chi connectivity index (χ2n) is 4.92. The topological polar surface area (TPSA) is 41.5 Å². The normalized spacial score (nSPS) is 20.9. The Balaban J connectivity index is 1.89. The first-order valence-corrected chi connectivity index (χ1v) is 6.95. The second-order valence-corrected chi connectivity index (χ2v) is 4.92. The number of aliphatic hydroxyl groups excluding tert-OH is 1. The maximum absolute atomic E-state index is 10.2. The Hall–Kier alpha value is -1.06. The molecule has 2 atom stereocenters. The quantitative estimate of drug-likeness (QED) is 0.762. The van der Waals surface area contributed by atoms with Crippen molar-refractivity contribution < 1.29 is 9.84 Å². The van der Waals surface area contributed by atoms with E-state index < -0.39 is 6.10 Å². The highest BCUT2D eigenvalue weighted by atomic mass is 16.5. The Morgan fingerprint density at radius 2 is 2.17 bits per heavy atom. The van der Waals surface area contributed by atoms with E-state index in [0.29, 0.717) is 0 Å². The summed E-state index contributed by atoms with van der Waals surface area (Å²) in [7, 11) is 0. The molecule has 0 radical (unpaired) electrons. The molecule has 0 saturated carbocycles. The number of aliphatic hydroxyl groups is 1. The zero-order valence-electron chi connectivity index (χ0n) is 11.1. The van der Waals surface area contributed by atoms with Gasteiger partial charge in [0.25, 0.3) is 0 Å². The molecule has 100 valence electrons. The Bertz CT molecular complexity index is 344. The van der Waals surface area contributed by atoms with Crippen molar-refractivity contribution in [2.45, 2.75) is 44.8 Å². The minimum atomic E-state index is -0.405. The third-order valence-electron chi connectivity index (χ3n) is 3.47.